The molecule has 0 aliphatic heterocycles. The van der Waals surface area contributed by atoms with Crippen molar-refractivity contribution in [2.45, 2.75) is 122 Å². The van der Waals surface area contributed by atoms with E-state index >= 15 is 0 Å². The predicted molar refractivity (Wildman–Crippen MR) is 124 cm³/mol. The summed E-state index contributed by atoms with van der Waals surface area (Å²) in [5, 5.41) is 0. The van der Waals surface area contributed by atoms with E-state index in [4.69, 9.17) is 18.9 Å². The normalized spacial score (nSPS) is 12.8. The fourth-order valence-corrected chi connectivity index (χ4v) is 3.28. The summed E-state index contributed by atoms with van der Waals surface area (Å²) in [7, 11) is 3.34. The summed E-state index contributed by atoms with van der Waals surface area (Å²) in [5.74, 6) is -0.117. The second kappa shape index (κ2) is 20.3. The topological polar surface area (TPSA) is 54.0 Å². The fraction of sp³-hybridized carbons (Fsp3) is 0.960. The largest absolute Gasteiger partial charge is 0.460 e. The average Bonchev–Trinajstić information content (AvgIpc) is 2.71. The van der Waals surface area contributed by atoms with Crippen molar-refractivity contribution in [1.82, 2.24) is 0 Å². The summed E-state index contributed by atoms with van der Waals surface area (Å²) in [4.78, 5) is 12.1. The van der Waals surface area contributed by atoms with Gasteiger partial charge in [0.25, 0.3) is 0 Å². The maximum atomic E-state index is 12.1. The molecule has 0 aliphatic carbocycles. The molecular formula is C25H50O5. The van der Waals surface area contributed by atoms with Crippen molar-refractivity contribution in [3.8, 4) is 0 Å². The van der Waals surface area contributed by atoms with Crippen molar-refractivity contribution in [3.63, 3.8) is 0 Å². The number of hydrogen-bond acceptors (Lipinski definition) is 5. The van der Waals surface area contributed by atoms with Crippen molar-refractivity contribution in [1.29, 1.82) is 0 Å². The second-order valence-corrected chi connectivity index (χ2v) is 8.97. The molecule has 0 N–H and O–H groups in total. The number of carbonyl (C=O) groups is 1. The van der Waals surface area contributed by atoms with Gasteiger partial charge in [-0.3, -0.25) is 4.79 Å². The summed E-state index contributed by atoms with van der Waals surface area (Å²) in [5.41, 5.74) is -0.174. The molecule has 5 nitrogen and oxygen atoms in total. The van der Waals surface area contributed by atoms with E-state index in [0.29, 0.717) is 32.7 Å². The third-order valence-corrected chi connectivity index (χ3v) is 5.62. The highest BCUT2D eigenvalue weighted by atomic mass is 16.6. The van der Waals surface area contributed by atoms with Crippen molar-refractivity contribution in [2.75, 3.05) is 34.0 Å². The Bertz CT molecular complexity index is 384. The van der Waals surface area contributed by atoms with Gasteiger partial charge >= 0.3 is 5.97 Å². The Morgan fingerprint density at radius 3 is 1.93 bits per heavy atom. The molecule has 180 valence electrons. The summed E-state index contributed by atoms with van der Waals surface area (Å²) in [6.07, 6.45) is 15.8. The van der Waals surface area contributed by atoms with Crippen LogP contribution in [0.15, 0.2) is 0 Å². The van der Waals surface area contributed by atoms with E-state index in [1.807, 2.05) is 13.8 Å². The maximum absolute atomic E-state index is 12.1. The molecular weight excluding hydrogens is 380 g/mol. The first-order chi connectivity index (χ1) is 14.4. The Labute approximate surface area is 186 Å². The van der Waals surface area contributed by atoms with Crippen molar-refractivity contribution in [3.05, 3.63) is 0 Å². The molecule has 0 rings (SSSR count). The van der Waals surface area contributed by atoms with Crippen LogP contribution in [0.3, 0.4) is 0 Å². The molecule has 0 heterocycles. The average molecular weight is 431 g/mol. The maximum Gasteiger partial charge on any atom is 0.306 e. The molecule has 0 bridgehead atoms. The first kappa shape index (κ1) is 29.4. The van der Waals surface area contributed by atoms with Gasteiger partial charge in [0.2, 0.25) is 0 Å². The summed E-state index contributed by atoms with van der Waals surface area (Å²) in [6.45, 7) is 7.94. The second-order valence-electron chi connectivity index (χ2n) is 8.97. The van der Waals surface area contributed by atoms with Gasteiger partial charge in [0, 0.05) is 33.7 Å². The van der Waals surface area contributed by atoms with Gasteiger partial charge in [-0.25, -0.2) is 0 Å². The van der Waals surface area contributed by atoms with Gasteiger partial charge < -0.3 is 18.9 Å². The molecule has 0 aromatic heterocycles. The first-order valence-electron chi connectivity index (χ1n) is 12.3. The SMILES string of the molecule is CCCCCCCCCCCCCC(=O)OC(CCOCCC(C)(C)OC)COC. The molecule has 1 atom stereocenters. The van der Waals surface area contributed by atoms with E-state index in [0.717, 1.165) is 19.3 Å². The minimum absolute atomic E-state index is 0.117. The minimum Gasteiger partial charge on any atom is -0.460 e. The lowest BCUT2D eigenvalue weighted by Crippen LogP contribution is -2.26. The molecule has 0 aliphatic rings. The highest BCUT2D eigenvalue weighted by molar-refractivity contribution is 5.69. The Morgan fingerprint density at radius 1 is 0.833 bits per heavy atom. The number of methoxy groups -OCH3 is 2. The summed E-state index contributed by atoms with van der Waals surface area (Å²) < 4.78 is 21.8. The lowest BCUT2D eigenvalue weighted by Gasteiger charge is -2.23. The third-order valence-electron chi connectivity index (χ3n) is 5.62. The van der Waals surface area contributed by atoms with E-state index in [2.05, 4.69) is 6.92 Å². The highest BCUT2D eigenvalue weighted by Gasteiger charge is 2.17. The van der Waals surface area contributed by atoms with Gasteiger partial charge in [0.1, 0.15) is 6.10 Å². The zero-order chi connectivity index (χ0) is 22.5. The summed E-state index contributed by atoms with van der Waals surface area (Å²) in [6, 6.07) is 0. The van der Waals surface area contributed by atoms with Gasteiger partial charge in [0.15, 0.2) is 0 Å². The van der Waals surface area contributed by atoms with E-state index in [1.54, 1.807) is 14.2 Å². The van der Waals surface area contributed by atoms with Gasteiger partial charge in [0.05, 0.1) is 18.8 Å². The molecule has 0 amide bonds. The fourth-order valence-electron chi connectivity index (χ4n) is 3.28. The van der Waals surface area contributed by atoms with Crippen LogP contribution in [0.5, 0.6) is 0 Å². The summed E-state index contributed by atoms with van der Waals surface area (Å²) >= 11 is 0. The molecule has 30 heavy (non-hydrogen) atoms. The van der Waals surface area contributed by atoms with Crippen LogP contribution in [-0.4, -0.2) is 51.7 Å². The highest BCUT2D eigenvalue weighted by Crippen LogP contribution is 2.14. The Kier molecular flexibility index (Phi) is 19.8. The monoisotopic (exact) mass is 430 g/mol. The van der Waals surface area contributed by atoms with Gasteiger partial charge in [-0.1, -0.05) is 71.1 Å². The van der Waals surface area contributed by atoms with Crippen LogP contribution in [0, 0.1) is 0 Å². The molecule has 0 saturated heterocycles. The number of unbranched alkanes of at least 4 members (excludes halogenated alkanes) is 10. The number of esters is 1. The molecule has 0 aromatic rings. The van der Waals surface area contributed by atoms with Crippen LogP contribution in [0.2, 0.25) is 0 Å². The van der Waals surface area contributed by atoms with Crippen LogP contribution in [0.25, 0.3) is 0 Å². The quantitative estimate of drug-likeness (QED) is 0.146. The smallest absolute Gasteiger partial charge is 0.306 e. The van der Waals surface area contributed by atoms with Gasteiger partial charge in [-0.15, -0.1) is 0 Å². The number of hydrogen-bond donors (Lipinski definition) is 0. The molecule has 0 radical (unpaired) electrons. The minimum atomic E-state index is -0.231. The lowest BCUT2D eigenvalue weighted by molar-refractivity contribution is -0.152. The number of rotatable bonds is 22. The van der Waals surface area contributed by atoms with Crippen molar-refractivity contribution >= 4 is 5.97 Å². The number of carbonyl (C=O) groups excluding carboxylic acids is 1. The van der Waals surface area contributed by atoms with E-state index in [-0.39, 0.29) is 17.7 Å². The first-order valence-corrected chi connectivity index (χ1v) is 12.3. The van der Waals surface area contributed by atoms with Crippen LogP contribution in [0.1, 0.15) is 111 Å². The van der Waals surface area contributed by atoms with Crippen LogP contribution in [0.4, 0.5) is 0 Å². The molecule has 0 spiro atoms. The molecule has 5 heteroatoms. The van der Waals surface area contributed by atoms with E-state index in [9.17, 15) is 4.79 Å². The molecule has 0 aromatic carbocycles. The standard InChI is InChI=1S/C25H50O5/c1-6-7-8-9-10-11-12-13-14-15-16-17-24(26)30-23(22-27-4)18-20-29-21-19-25(2,3)28-5/h23H,6-22H2,1-5H3. The molecule has 0 saturated carbocycles. The van der Waals surface area contributed by atoms with Gasteiger partial charge in [-0.05, 0) is 26.7 Å². The molecule has 0 fully saturated rings. The van der Waals surface area contributed by atoms with Crippen LogP contribution in [-0.2, 0) is 23.7 Å². The van der Waals surface area contributed by atoms with Crippen molar-refractivity contribution < 1.29 is 23.7 Å². The Balaban J connectivity index is 3.69. The predicted octanol–water partition coefficient (Wildman–Crippen LogP) is 6.47. The zero-order valence-corrected chi connectivity index (χ0v) is 20.6. The Morgan fingerprint density at radius 2 is 1.40 bits per heavy atom. The van der Waals surface area contributed by atoms with Crippen LogP contribution >= 0.6 is 0 Å². The van der Waals surface area contributed by atoms with Crippen LogP contribution < -0.4 is 0 Å². The van der Waals surface area contributed by atoms with Crippen molar-refractivity contribution in [2.24, 2.45) is 0 Å². The molecule has 1 unspecified atom stereocenters. The zero-order valence-electron chi connectivity index (χ0n) is 20.6. The van der Waals surface area contributed by atoms with Gasteiger partial charge in [-0.2, -0.15) is 0 Å². The lowest BCUT2D eigenvalue weighted by atomic mass is 10.1. The third kappa shape index (κ3) is 19.3. The van der Waals surface area contributed by atoms with E-state index < -0.39 is 0 Å². The Hall–Kier alpha value is -0.650. The van der Waals surface area contributed by atoms with E-state index in [1.165, 1.54) is 57.8 Å². The number of ether oxygens (including phenoxy) is 4.